The van der Waals surface area contributed by atoms with Crippen molar-refractivity contribution in [3.63, 3.8) is 0 Å². The molecule has 2 unspecified atom stereocenters. The number of allylic oxidation sites excluding steroid dienone is 3. The molecule has 0 heterocycles. The summed E-state index contributed by atoms with van der Waals surface area (Å²) in [6.07, 6.45) is 16.7. The van der Waals surface area contributed by atoms with Crippen molar-refractivity contribution in [2.24, 2.45) is 11.8 Å². The van der Waals surface area contributed by atoms with E-state index >= 15 is 0 Å². The summed E-state index contributed by atoms with van der Waals surface area (Å²) in [4.78, 5) is 21.5. The van der Waals surface area contributed by atoms with Gasteiger partial charge in [0.2, 0.25) is 5.78 Å². The Bertz CT molecular complexity index is 497. The van der Waals surface area contributed by atoms with E-state index in [4.69, 9.17) is 5.11 Å². The van der Waals surface area contributed by atoms with Crippen LogP contribution in [0.25, 0.3) is 0 Å². The van der Waals surface area contributed by atoms with Crippen molar-refractivity contribution in [3.05, 3.63) is 24.3 Å². The Morgan fingerprint density at radius 3 is 2.33 bits per heavy atom. The van der Waals surface area contributed by atoms with Crippen molar-refractivity contribution >= 4 is 11.8 Å². The number of Topliss-reactive ketones (excluding diaryl/α,β-unsaturated/α-hetero) is 1. The Morgan fingerprint density at radius 1 is 0.926 bits per heavy atom. The molecule has 0 aliphatic heterocycles. The van der Waals surface area contributed by atoms with E-state index in [-0.39, 0.29) is 18.3 Å². The van der Waals surface area contributed by atoms with E-state index in [1.54, 1.807) is 6.08 Å². The van der Waals surface area contributed by atoms with Gasteiger partial charge in [0.25, 0.3) is 0 Å². The maximum atomic E-state index is 11.0. The zero-order valence-electron chi connectivity index (χ0n) is 16.6. The lowest BCUT2D eigenvalue weighted by Gasteiger charge is -2.19. The van der Waals surface area contributed by atoms with Crippen molar-refractivity contribution in [1.29, 1.82) is 0 Å². The van der Waals surface area contributed by atoms with Crippen molar-refractivity contribution in [2.45, 2.75) is 89.8 Å². The molecule has 1 rings (SSSR count). The molecule has 154 valence electrons. The smallest absolute Gasteiger partial charge is 0.372 e. The highest BCUT2D eigenvalue weighted by atomic mass is 16.4. The molecule has 1 fully saturated rings. The summed E-state index contributed by atoms with van der Waals surface area (Å²) in [7, 11) is 0. The van der Waals surface area contributed by atoms with Crippen LogP contribution in [0, 0.1) is 11.8 Å². The van der Waals surface area contributed by atoms with E-state index in [0.29, 0.717) is 19.3 Å². The number of aliphatic carboxylic acids is 1. The Kier molecular flexibility index (Phi) is 11.9. The summed E-state index contributed by atoms with van der Waals surface area (Å²) in [5.74, 6) is -2.27. The molecule has 3 N–H and O–H groups in total. The predicted octanol–water partition coefficient (Wildman–Crippen LogP) is 4.03. The van der Waals surface area contributed by atoms with Crippen LogP contribution >= 0.6 is 0 Å². The third-order valence-electron chi connectivity index (χ3n) is 5.35. The van der Waals surface area contributed by atoms with Crippen molar-refractivity contribution in [2.75, 3.05) is 0 Å². The monoisotopic (exact) mass is 380 g/mol. The van der Waals surface area contributed by atoms with Gasteiger partial charge in [-0.3, -0.25) is 4.79 Å². The van der Waals surface area contributed by atoms with Crippen LogP contribution in [0.4, 0.5) is 0 Å². The summed E-state index contributed by atoms with van der Waals surface area (Å²) in [5, 5.41) is 29.0. The summed E-state index contributed by atoms with van der Waals surface area (Å²) >= 11 is 0. The van der Waals surface area contributed by atoms with E-state index in [9.17, 15) is 19.8 Å². The Labute approximate surface area is 163 Å². The van der Waals surface area contributed by atoms with Gasteiger partial charge in [0.05, 0.1) is 12.2 Å². The molecule has 0 aromatic carbocycles. The van der Waals surface area contributed by atoms with Crippen LogP contribution in [0.1, 0.15) is 77.6 Å². The van der Waals surface area contributed by atoms with Gasteiger partial charge in [-0.25, -0.2) is 4.79 Å². The van der Waals surface area contributed by atoms with E-state index in [2.05, 4.69) is 19.1 Å². The van der Waals surface area contributed by atoms with Crippen molar-refractivity contribution in [3.8, 4) is 0 Å². The second-order valence-corrected chi connectivity index (χ2v) is 7.57. The van der Waals surface area contributed by atoms with Gasteiger partial charge in [0.15, 0.2) is 0 Å². The lowest BCUT2D eigenvalue weighted by atomic mass is 9.89. The average molecular weight is 381 g/mol. The average Bonchev–Trinajstić information content (AvgIpc) is 2.89. The fourth-order valence-corrected chi connectivity index (χ4v) is 3.69. The van der Waals surface area contributed by atoms with Gasteiger partial charge >= 0.3 is 5.97 Å². The van der Waals surface area contributed by atoms with Gasteiger partial charge in [-0.15, -0.1) is 0 Å². The molecule has 0 bridgehead atoms. The van der Waals surface area contributed by atoms with Crippen LogP contribution in [0.3, 0.4) is 0 Å². The normalized spacial score (nSPS) is 25.6. The molecule has 1 aliphatic carbocycles. The molecule has 1 saturated carbocycles. The Morgan fingerprint density at radius 2 is 1.63 bits per heavy atom. The summed E-state index contributed by atoms with van der Waals surface area (Å²) in [5.41, 5.74) is 0. The minimum Gasteiger partial charge on any atom is -0.476 e. The zero-order valence-corrected chi connectivity index (χ0v) is 16.6. The largest absolute Gasteiger partial charge is 0.476 e. The number of carbonyl (C=O) groups is 2. The van der Waals surface area contributed by atoms with Crippen LogP contribution in [0.5, 0.6) is 0 Å². The van der Waals surface area contributed by atoms with Crippen LogP contribution in [-0.2, 0) is 9.59 Å². The zero-order chi connectivity index (χ0) is 20.1. The van der Waals surface area contributed by atoms with Gasteiger partial charge in [-0.1, -0.05) is 63.3 Å². The van der Waals surface area contributed by atoms with E-state index < -0.39 is 24.0 Å². The fourth-order valence-electron chi connectivity index (χ4n) is 3.69. The second-order valence-electron chi connectivity index (χ2n) is 7.57. The highest BCUT2D eigenvalue weighted by Gasteiger charge is 2.39. The first-order valence-corrected chi connectivity index (χ1v) is 10.4. The van der Waals surface area contributed by atoms with Gasteiger partial charge in [0, 0.05) is 18.8 Å². The lowest BCUT2D eigenvalue weighted by molar-refractivity contribution is -0.149. The third-order valence-corrected chi connectivity index (χ3v) is 5.35. The number of carboxylic acids is 1. The topological polar surface area (TPSA) is 94.8 Å². The number of carbonyl (C=O) groups excluding carboxylic acids is 1. The number of carboxylic acid groups (broad SMARTS) is 1. The number of unbranched alkanes of at least 4 members (excludes halogenated alkanes) is 6. The van der Waals surface area contributed by atoms with Crippen LogP contribution in [0.15, 0.2) is 24.3 Å². The molecule has 4 atom stereocenters. The first kappa shape index (κ1) is 23.6. The van der Waals surface area contributed by atoms with Gasteiger partial charge in [0.1, 0.15) is 0 Å². The maximum Gasteiger partial charge on any atom is 0.372 e. The molecule has 0 aromatic heterocycles. The second kappa shape index (κ2) is 13.7. The Hall–Kier alpha value is -1.46. The number of aliphatic hydroxyl groups is 2. The standard InChI is InChI=1S/C22H36O5/c1-2-3-4-5-6-7-8-10-13-17-18(21(25)16-20(17)24)14-11-9-12-15-19(23)22(26)27/h9-11,13,17-18,20-21,24-25H,2-8,12,14-16H2,1H3,(H,26,27)/t17-,18-,20?,21?/m1/s1. The molecule has 27 heavy (non-hydrogen) atoms. The predicted molar refractivity (Wildman–Crippen MR) is 106 cm³/mol. The summed E-state index contributed by atoms with van der Waals surface area (Å²) in [6, 6.07) is 0. The molecule has 0 aromatic rings. The fraction of sp³-hybridized carbons (Fsp3) is 0.727. The van der Waals surface area contributed by atoms with Crippen molar-refractivity contribution < 1.29 is 24.9 Å². The molecule has 1 aliphatic rings. The SMILES string of the molecule is CCCCCCCCC=C[C@H]1C(O)CC(O)[C@@H]1CC=CCCC(=O)C(=O)O. The highest BCUT2D eigenvalue weighted by Crippen LogP contribution is 2.36. The van der Waals surface area contributed by atoms with Crippen LogP contribution in [-0.4, -0.2) is 39.3 Å². The number of hydrogen-bond donors (Lipinski definition) is 3. The maximum absolute atomic E-state index is 11.0. The molecule has 5 nitrogen and oxygen atoms in total. The van der Waals surface area contributed by atoms with Gasteiger partial charge in [-0.05, 0) is 31.6 Å². The van der Waals surface area contributed by atoms with Gasteiger partial charge in [-0.2, -0.15) is 0 Å². The van der Waals surface area contributed by atoms with E-state index in [1.807, 2.05) is 6.08 Å². The van der Waals surface area contributed by atoms with E-state index in [0.717, 1.165) is 12.8 Å². The molecule has 5 heteroatoms. The first-order chi connectivity index (χ1) is 13.0. The van der Waals surface area contributed by atoms with Crippen LogP contribution < -0.4 is 0 Å². The highest BCUT2D eigenvalue weighted by molar-refractivity contribution is 6.32. The quantitative estimate of drug-likeness (QED) is 0.240. The lowest BCUT2D eigenvalue weighted by Crippen LogP contribution is -2.19. The molecule has 0 amide bonds. The van der Waals surface area contributed by atoms with E-state index in [1.165, 1.54) is 32.1 Å². The number of hydrogen-bond acceptors (Lipinski definition) is 4. The Balaban J connectivity index is 2.35. The molecular weight excluding hydrogens is 344 g/mol. The first-order valence-electron chi connectivity index (χ1n) is 10.4. The minimum atomic E-state index is -1.40. The third kappa shape index (κ3) is 9.34. The van der Waals surface area contributed by atoms with Crippen molar-refractivity contribution in [1.82, 2.24) is 0 Å². The minimum absolute atomic E-state index is 0.0106. The van der Waals surface area contributed by atoms with Gasteiger partial charge < -0.3 is 15.3 Å². The number of aliphatic hydroxyl groups excluding tert-OH is 2. The number of ketones is 1. The van der Waals surface area contributed by atoms with Crippen LogP contribution in [0.2, 0.25) is 0 Å². The molecule has 0 spiro atoms. The summed E-state index contributed by atoms with van der Waals surface area (Å²) < 4.78 is 0. The number of rotatable bonds is 14. The molecular formula is C22H36O5. The molecule has 0 radical (unpaired) electrons. The molecule has 0 saturated heterocycles. The summed E-state index contributed by atoms with van der Waals surface area (Å²) in [6.45, 7) is 2.21.